The maximum absolute atomic E-state index is 10.8. The summed E-state index contributed by atoms with van der Waals surface area (Å²) >= 11 is 0. The van der Waals surface area contributed by atoms with Gasteiger partial charge in [0.15, 0.2) is 0 Å². The Bertz CT molecular complexity index is 583. The maximum Gasteiger partial charge on any atom is 0.426 e. The van der Waals surface area contributed by atoms with Gasteiger partial charge in [0.05, 0.1) is 6.61 Å². The van der Waals surface area contributed by atoms with Gasteiger partial charge in [-0.3, -0.25) is 4.57 Å². The molecule has 0 radical (unpaired) electrons. The summed E-state index contributed by atoms with van der Waals surface area (Å²) in [6, 6.07) is 10.1. The molecule has 0 amide bonds. The van der Waals surface area contributed by atoms with E-state index in [0.29, 0.717) is 6.61 Å². The predicted octanol–water partition coefficient (Wildman–Crippen LogP) is 1.89. The maximum atomic E-state index is 10.8. The van der Waals surface area contributed by atoms with Crippen LogP contribution >= 0.6 is 0 Å². The Morgan fingerprint density at radius 2 is 2.14 bits per heavy atom. The first-order valence-electron chi connectivity index (χ1n) is 6.71. The van der Waals surface area contributed by atoms with Crippen molar-refractivity contribution >= 4 is 5.82 Å². The van der Waals surface area contributed by atoms with Crippen LogP contribution in [0.2, 0.25) is 0 Å². The highest BCUT2D eigenvalue weighted by Crippen LogP contribution is 2.23. The SMILES string of the molecule is Cn1cnc([N+](=O)[O-])c1OCCCNCc1ccccc1. The van der Waals surface area contributed by atoms with Gasteiger partial charge in [0, 0.05) is 13.6 Å². The van der Waals surface area contributed by atoms with Crippen molar-refractivity contribution in [2.75, 3.05) is 13.2 Å². The number of nitrogens with zero attached hydrogens (tertiary/aromatic N) is 3. The van der Waals surface area contributed by atoms with E-state index >= 15 is 0 Å². The van der Waals surface area contributed by atoms with Crippen LogP contribution in [0.15, 0.2) is 36.7 Å². The van der Waals surface area contributed by atoms with E-state index < -0.39 is 4.92 Å². The van der Waals surface area contributed by atoms with Crippen molar-refractivity contribution in [3.63, 3.8) is 0 Å². The number of benzene rings is 1. The zero-order valence-corrected chi connectivity index (χ0v) is 11.9. The Kier molecular flexibility index (Phi) is 5.28. The molecular weight excluding hydrogens is 272 g/mol. The monoisotopic (exact) mass is 290 g/mol. The van der Waals surface area contributed by atoms with Gasteiger partial charge in [0.1, 0.15) is 0 Å². The summed E-state index contributed by atoms with van der Waals surface area (Å²) in [6.07, 6.45) is 2.14. The van der Waals surface area contributed by atoms with Gasteiger partial charge in [-0.25, -0.2) is 0 Å². The molecule has 0 saturated carbocycles. The zero-order valence-electron chi connectivity index (χ0n) is 11.9. The molecule has 7 heteroatoms. The highest BCUT2D eigenvalue weighted by molar-refractivity contribution is 5.33. The van der Waals surface area contributed by atoms with E-state index in [9.17, 15) is 10.1 Å². The van der Waals surface area contributed by atoms with Gasteiger partial charge in [-0.05, 0) is 28.4 Å². The second kappa shape index (κ2) is 7.39. The van der Waals surface area contributed by atoms with E-state index in [1.165, 1.54) is 16.5 Å². The van der Waals surface area contributed by atoms with Gasteiger partial charge in [0.2, 0.25) is 6.33 Å². The summed E-state index contributed by atoms with van der Waals surface area (Å²) in [5, 5.41) is 14.1. The van der Waals surface area contributed by atoms with Crippen molar-refractivity contribution < 1.29 is 9.66 Å². The molecule has 0 saturated heterocycles. The zero-order chi connectivity index (χ0) is 15.1. The van der Waals surface area contributed by atoms with Gasteiger partial charge >= 0.3 is 5.82 Å². The summed E-state index contributed by atoms with van der Waals surface area (Å²) < 4.78 is 6.95. The first-order chi connectivity index (χ1) is 10.2. The molecule has 21 heavy (non-hydrogen) atoms. The molecule has 0 unspecified atom stereocenters. The lowest BCUT2D eigenvalue weighted by molar-refractivity contribution is -0.390. The van der Waals surface area contributed by atoms with Crippen molar-refractivity contribution in [1.29, 1.82) is 0 Å². The van der Waals surface area contributed by atoms with Crippen LogP contribution in [0.3, 0.4) is 0 Å². The van der Waals surface area contributed by atoms with E-state index in [1.54, 1.807) is 7.05 Å². The number of hydrogen-bond donors (Lipinski definition) is 1. The number of nitro groups is 1. The van der Waals surface area contributed by atoms with E-state index in [1.807, 2.05) is 18.2 Å². The van der Waals surface area contributed by atoms with Crippen LogP contribution in [-0.2, 0) is 13.6 Å². The molecule has 0 fully saturated rings. The molecule has 0 spiro atoms. The van der Waals surface area contributed by atoms with Gasteiger partial charge in [-0.1, -0.05) is 30.3 Å². The molecule has 0 aliphatic heterocycles. The quantitative estimate of drug-likeness (QED) is 0.456. The van der Waals surface area contributed by atoms with Gasteiger partial charge in [0.25, 0.3) is 5.88 Å². The molecule has 1 aromatic heterocycles. The van der Waals surface area contributed by atoms with Crippen molar-refractivity contribution in [3.05, 3.63) is 52.3 Å². The number of imidazole rings is 1. The molecule has 7 nitrogen and oxygen atoms in total. The average molecular weight is 290 g/mol. The van der Waals surface area contributed by atoms with E-state index in [2.05, 4.69) is 22.4 Å². The Morgan fingerprint density at radius 1 is 1.38 bits per heavy atom. The fraction of sp³-hybridized carbons (Fsp3) is 0.357. The minimum Gasteiger partial charge on any atom is -0.473 e. The molecule has 0 aliphatic carbocycles. The highest BCUT2D eigenvalue weighted by atomic mass is 16.6. The third-order valence-electron chi connectivity index (χ3n) is 2.95. The average Bonchev–Trinajstić information content (AvgIpc) is 2.85. The molecule has 0 bridgehead atoms. The lowest BCUT2D eigenvalue weighted by atomic mass is 10.2. The second-order valence-corrected chi connectivity index (χ2v) is 4.61. The topological polar surface area (TPSA) is 82.2 Å². The Balaban J connectivity index is 1.68. The first-order valence-corrected chi connectivity index (χ1v) is 6.71. The number of aryl methyl sites for hydroxylation is 1. The lowest BCUT2D eigenvalue weighted by Gasteiger charge is -2.07. The van der Waals surface area contributed by atoms with E-state index in [0.717, 1.165) is 19.5 Å². The number of nitrogens with one attached hydrogen (secondary N) is 1. The van der Waals surface area contributed by atoms with Crippen molar-refractivity contribution in [2.45, 2.75) is 13.0 Å². The summed E-state index contributed by atoms with van der Waals surface area (Å²) in [5.41, 5.74) is 1.22. The van der Waals surface area contributed by atoms with Gasteiger partial charge < -0.3 is 20.2 Å². The number of rotatable bonds is 8. The molecule has 2 rings (SSSR count). The van der Waals surface area contributed by atoms with Gasteiger partial charge in [-0.15, -0.1) is 0 Å². The first kappa shape index (κ1) is 15.0. The molecule has 1 N–H and O–H groups in total. The Hall–Kier alpha value is -2.41. The van der Waals surface area contributed by atoms with Crippen LogP contribution in [0.1, 0.15) is 12.0 Å². The summed E-state index contributed by atoms with van der Waals surface area (Å²) in [7, 11) is 1.67. The molecule has 2 aromatic rings. The van der Waals surface area contributed by atoms with Crippen LogP contribution in [0.25, 0.3) is 0 Å². The van der Waals surface area contributed by atoms with E-state index in [4.69, 9.17) is 4.74 Å². The van der Waals surface area contributed by atoms with Crippen molar-refractivity contribution in [2.24, 2.45) is 7.05 Å². The normalized spacial score (nSPS) is 10.5. The van der Waals surface area contributed by atoms with Crippen LogP contribution in [0, 0.1) is 10.1 Å². The molecule has 0 aliphatic rings. The second-order valence-electron chi connectivity index (χ2n) is 4.61. The largest absolute Gasteiger partial charge is 0.473 e. The van der Waals surface area contributed by atoms with Crippen LogP contribution in [-0.4, -0.2) is 27.6 Å². The van der Waals surface area contributed by atoms with Crippen LogP contribution < -0.4 is 10.1 Å². The highest BCUT2D eigenvalue weighted by Gasteiger charge is 2.21. The minimum atomic E-state index is -0.539. The smallest absolute Gasteiger partial charge is 0.426 e. The van der Waals surface area contributed by atoms with Crippen LogP contribution in [0.4, 0.5) is 5.82 Å². The Morgan fingerprint density at radius 3 is 2.86 bits per heavy atom. The third kappa shape index (κ3) is 4.28. The van der Waals surface area contributed by atoms with Crippen LogP contribution in [0.5, 0.6) is 5.88 Å². The van der Waals surface area contributed by atoms with E-state index in [-0.39, 0.29) is 11.7 Å². The minimum absolute atomic E-state index is 0.197. The molecule has 112 valence electrons. The summed E-state index contributed by atoms with van der Waals surface area (Å²) in [6.45, 7) is 1.98. The predicted molar refractivity (Wildman–Crippen MR) is 78.1 cm³/mol. The third-order valence-corrected chi connectivity index (χ3v) is 2.95. The number of aromatic nitrogens is 2. The lowest BCUT2D eigenvalue weighted by Crippen LogP contribution is -2.17. The summed E-state index contributed by atoms with van der Waals surface area (Å²) in [4.78, 5) is 13.9. The van der Waals surface area contributed by atoms with Crippen molar-refractivity contribution in [3.8, 4) is 5.88 Å². The number of ether oxygens (including phenoxy) is 1. The van der Waals surface area contributed by atoms with Gasteiger partial charge in [-0.2, -0.15) is 0 Å². The fourth-order valence-electron chi connectivity index (χ4n) is 1.89. The molecule has 1 heterocycles. The standard InChI is InChI=1S/C14H18N4O3/c1-17-11-16-13(18(19)20)14(17)21-9-5-8-15-10-12-6-3-2-4-7-12/h2-4,6-7,11,15H,5,8-10H2,1H3. The number of hydrogen-bond acceptors (Lipinski definition) is 5. The van der Waals surface area contributed by atoms with Crippen molar-refractivity contribution in [1.82, 2.24) is 14.9 Å². The molecule has 0 atom stereocenters. The molecule has 1 aromatic carbocycles. The molecular formula is C14H18N4O3. The fourth-order valence-corrected chi connectivity index (χ4v) is 1.89. The summed E-state index contributed by atoms with van der Waals surface area (Å²) in [5.74, 6) is -0.0437. The Labute approximate surface area is 122 Å².